The van der Waals surface area contributed by atoms with Crippen LogP contribution in [0.4, 0.5) is 0 Å². The van der Waals surface area contributed by atoms with E-state index in [1.54, 1.807) is 0 Å². The van der Waals surface area contributed by atoms with Crippen LogP contribution < -0.4 is 11.5 Å². The van der Waals surface area contributed by atoms with Gasteiger partial charge in [-0.05, 0) is 19.4 Å². The smallest absolute Gasteiger partial charge is 0.369 e. The Hall–Kier alpha value is -0.460. The first-order valence-corrected chi connectivity index (χ1v) is 5.14. The standard InChI is InChI=1S/C5H13N2O5P/c6-3-1-2-4(7)5(8)12-13(9,10)11/h4H,1-3,6-7H2,(H2,9,10,11). The summed E-state index contributed by atoms with van der Waals surface area (Å²) < 4.78 is 13.9. The molecule has 0 rings (SSSR count). The van der Waals surface area contributed by atoms with Crippen molar-refractivity contribution in [1.82, 2.24) is 0 Å². The SMILES string of the molecule is NCCCC(N)C(=O)OP(=O)(O)O. The molecule has 6 N–H and O–H groups in total. The number of rotatable bonds is 5. The molecule has 0 saturated heterocycles. The second kappa shape index (κ2) is 5.31. The van der Waals surface area contributed by atoms with E-state index < -0.39 is 19.8 Å². The average molecular weight is 212 g/mol. The number of carbonyl (C=O) groups is 1. The first-order chi connectivity index (χ1) is 5.87. The minimum atomic E-state index is -4.77. The molecular formula is C5H13N2O5P. The molecule has 13 heavy (non-hydrogen) atoms. The summed E-state index contributed by atoms with van der Waals surface area (Å²) in [7, 11) is -4.77. The number of nitrogens with two attached hydrogens (primary N) is 2. The minimum absolute atomic E-state index is 0.245. The van der Waals surface area contributed by atoms with Gasteiger partial charge in [-0.25, -0.2) is 9.36 Å². The van der Waals surface area contributed by atoms with Gasteiger partial charge in [0.15, 0.2) is 0 Å². The van der Waals surface area contributed by atoms with Gasteiger partial charge in [0.2, 0.25) is 0 Å². The molecule has 0 heterocycles. The molecule has 0 aliphatic carbocycles. The summed E-state index contributed by atoms with van der Waals surface area (Å²) in [5.74, 6) is -1.11. The number of phosphoric ester groups is 1. The summed E-state index contributed by atoms with van der Waals surface area (Å²) in [4.78, 5) is 27.3. The first-order valence-electron chi connectivity index (χ1n) is 3.61. The van der Waals surface area contributed by atoms with Gasteiger partial charge in [-0.15, -0.1) is 0 Å². The molecule has 0 amide bonds. The van der Waals surface area contributed by atoms with Crippen molar-refractivity contribution in [1.29, 1.82) is 0 Å². The van der Waals surface area contributed by atoms with Crippen LogP contribution in [0.5, 0.6) is 0 Å². The molecule has 0 fully saturated rings. The number of hydrogen-bond acceptors (Lipinski definition) is 5. The first kappa shape index (κ1) is 12.5. The van der Waals surface area contributed by atoms with Crippen molar-refractivity contribution < 1.29 is 23.7 Å². The second-order valence-electron chi connectivity index (χ2n) is 2.44. The predicted molar refractivity (Wildman–Crippen MR) is 44.4 cm³/mol. The molecule has 0 saturated carbocycles. The molecule has 0 aromatic heterocycles. The molecular weight excluding hydrogens is 199 g/mol. The van der Waals surface area contributed by atoms with E-state index in [-0.39, 0.29) is 6.42 Å². The van der Waals surface area contributed by atoms with Gasteiger partial charge in [-0.3, -0.25) is 9.79 Å². The molecule has 0 spiro atoms. The molecule has 78 valence electrons. The molecule has 0 aromatic rings. The minimum Gasteiger partial charge on any atom is -0.369 e. The fraction of sp³-hybridized carbons (Fsp3) is 0.800. The lowest BCUT2D eigenvalue weighted by Gasteiger charge is -2.10. The van der Waals surface area contributed by atoms with Gasteiger partial charge in [-0.1, -0.05) is 0 Å². The Bertz CT molecular complexity index is 215. The molecule has 7 nitrogen and oxygen atoms in total. The normalized spacial score (nSPS) is 13.8. The summed E-state index contributed by atoms with van der Waals surface area (Å²) >= 11 is 0. The van der Waals surface area contributed by atoms with Crippen molar-refractivity contribution in [2.75, 3.05) is 6.54 Å². The van der Waals surface area contributed by atoms with Gasteiger partial charge in [0.1, 0.15) is 6.04 Å². The van der Waals surface area contributed by atoms with E-state index >= 15 is 0 Å². The number of carbonyl (C=O) groups excluding carboxylic acids is 1. The molecule has 1 atom stereocenters. The van der Waals surface area contributed by atoms with Crippen LogP contribution >= 0.6 is 7.82 Å². The predicted octanol–water partition coefficient (Wildman–Crippen LogP) is -1.31. The molecule has 1 unspecified atom stereocenters. The van der Waals surface area contributed by atoms with Crippen LogP contribution in [0.1, 0.15) is 12.8 Å². The fourth-order valence-corrected chi connectivity index (χ4v) is 1.01. The van der Waals surface area contributed by atoms with E-state index in [0.717, 1.165) is 0 Å². The van der Waals surface area contributed by atoms with Crippen molar-refractivity contribution in [3.8, 4) is 0 Å². The van der Waals surface area contributed by atoms with E-state index in [1.165, 1.54) is 0 Å². The Morgan fingerprint density at radius 2 is 2.08 bits per heavy atom. The van der Waals surface area contributed by atoms with Crippen molar-refractivity contribution in [3.63, 3.8) is 0 Å². The van der Waals surface area contributed by atoms with Gasteiger partial charge >= 0.3 is 13.8 Å². The third-order valence-electron chi connectivity index (χ3n) is 1.23. The highest BCUT2D eigenvalue weighted by Gasteiger charge is 2.24. The Morgan fingerprint density at radius 3 is 2.46 bits per heavy atom. The largest absolute Gasteiger partial charge is 0.527 e. The van der Waals surface area contributed by atoms with Crippen molar-refractivity contribution >= 4 is 13.8 Å². The van der Waals surface area contributed by atoms with Gasteiger partial charge in [0.05, 0.1) is 0 Å². The van der Waals surface area contributed by atoms with Crippen LogP contribution in [0.15, 0.2) is 0 Å². The van der Waals surface area contributed by atoms with Crippen molar-refractivity contribution in [2.24, 2.45) is 11.5 Å². The van der Waals surface area contributed by atoms with Crippen molar-refractivity contribution in [2.45, 2.75) is 18.9 Å². The van der Waals surface area contributed by atoms with Gasteiger partial charge in [0.25, 0.3) is 0 Å². The Kier molecular flexibility index (Phi) is 5.12. The van der Waals surface area contributed by atoms with E-state index in [0.29, 0.717) is 13.0 Å². The fourth-order valence-electron chi connectivity index (χ4n) is 0.641. The van der Waals surface area contributed by atoms with Crippen LogP contribution in [0.2, 0.25) is 0 Å². The van der Waals surface area contributed by atoms with Crippen LogP contribution in [0.25, 0.3) is 0 Å². The zero-order valence-electron chi connectivity index (χ0n) is 6.92. The Balaban J connectivity index is 3.90. The maximum absolute atomic E-state index is 10.8. The van der Waals surface area contributed by atoms with E-state index in [9.17, 15) is 9.36 Å². The molecule has 0 radical (unpaired) electrons. The van der Waals surface area contributed by atoms with Crippen molar-refractivity contribution in [3.05, 3.63) is 0 Å². The second-order valence-corrected chi connectivity index (χ2v) is 3.60. The van der Waals surface area contributed by atoms with E-state index in [2.05, 4.69) is 4.52 Å². The summed E-state index contributed by atoms with van der Waals surface area (Å²) in [6.07, 6.45) is 0.743. The van der Waals surface area contributed by atoms with Gasteiger partial charge in [0, 0.05) is 0 Å². The highest BCUT2D eigenvalue weighted by molar-refractivity contribution is 7.46. The summed E-state index contributed by atoms with van der Waals surface area (Å²) in [5, 5.41) is 0. The average Bonchev–Trinajstić information content (AvgIpc) is 1.96. The molecule has 0 aliphatic heterocycles. The number of phosphoric acid groups is 1. The lowest BCUT2D eigenvalue weighted by atomic mass is 10.2. The highest BCUT2D eigenvalue weighted by Crippen LogP contribution is 2.36. The van der Waals surface area contributed by atoms with Crippen LogP contribution in [-0.4, -0.2) is 28.3 Å². The van der Waals surface area contributed by atoms with Crippen LogP contribution in [0, 0.1) is 0 Å². The molecule has 8 heteroatoms. The third kappa shape index (κ3) is 6.68. The monoisotopic (exact) mass is 212 g/mol. The zero-order valence-corrected chi connectivity index (χ0v) is 7.81. The maximum Gasteiger partial charge on any atom is 0.527 e. The molecule has 0 aromatic carbocycles. The van der Waals surface area contributed by atoms with Crippen LogP contribution in [-0.2, 0) is 13.9 Å². The lowest BCUT2D eigenvalue weighted by molar-refractivity contribution is -0.137. The summed E-state index contributed by atoms with van der Waals surface area (Å²) in [6.45, 7) is 0.358. The van der Waals surface area contributed by atoms with Gasteiger partial charge in [-0.2, -0.15) is 0 Å². The van der Waals surface area contributed by atoms with E-state index in [4.69, 9.17) is 21.3 Å². The highest BCUT2D eigenvalue weighted by atomic mass is 31.2. The third-order valence-corrected chi connectivity index (χ3v) is 1.65. The maximum atomic E-state index is 10.8. The summed E-state index contributed by atoms with van der Waals surface area (Å²) in [5.41, 5.74) is 10.4. The van der Waals surface area contributed by atoms with E-state index in [1.807, 2.05) is 0 Å². The number of hydrogen-bond donors (Lipinski definition) is 4. The quantitative estimate of drug-likeness (QED) is 0.415. The van der Waals surface area contributed by atoms with Crippen LogP contribution in [0.3, 0.4) is 0 Å². The molecule has 0 aliphatic rings. The molecule has 0 bridgehead atoms. The zero-order chi connectivity index (χ0) is 10.5. The summed E-state index contributed by atoms with van der Waals surface area (Å²) in [6, 6.07) is -1.03. The van der Waals surface area contributed by atoms with Gasteiger partial charge < -0.3 is 16.0 Å². The Labute approximate surface area is 75.3 Å². The topological polar surface area (TPSA) is 136 Å². The Morgan fingerprint density at radius 1 is 1.54 bits per heavy atom. The lowest BCUT2D eigenvalue weighted by Crippen LogP contribution is -2.32.